The van der Waals surface area contributed by atoms with Crippen molar-refractivity contribution in [1.82, 2.24) is 5.32 Å². The molecule has 0 amide bonds. The highest BCUT2D eigenvalue weighted by Crippen LogP contribution is 2.24. The molecular formula is C18H28ClNO. The molecule has 3 heteroatoms. The lowest BCUT2D eigenvalue weighted by atomic mass is 9.92. The van der Waals surface area contributed by atoms with Gasteiger partial charge in [-0.1, -0.05) is 43.6 Å². The van der Waals surface area contributed by atoms with Gasteiger partial charge in [0.15, 0.2) is 0 Å². The third-order valence-corrected chi connectivity index (χ3v) is 4.57. The van der Waals surface area contributed by atoms with Crippen LogP contribution in [-0.4, -0.2) is 25.3 Å². The van der Waals surface area contributed by atoms with E-state index in [9.17, 15) is 0 Å². The molecule has 2 rings (SSSR count). The molecule has 1 heterocycles. The second kappa shape index (κ2) is 8.77. The van der Waals surface area contributed by atoms with E-state index >= 15 is 0 Å². The van der Waals surface area contributed by atoms with Crippen molar-refractivity contribution in [1.29, 1.82) is 0 Å². The standard InChI is InChI=1S/C18H28ClNO/c1-14(2)20-13-15(9-10-17-7-5-11-21-17)12-16-6-3-4-8-18(16)19/h3-4,6,8,14-15,17,20H,5,7,9-13H2,1-2H3. The Labute approximate surface area is 134 Å². The highest BCUT2D eigenvalue weighted by Gasteiger charge is 2.19. The fourth-order valence-corrected chi connectivity index (χ4v) is 3.16. The summed E-state index contributed by atoms with van der Waals surface area (Å²) in [6.07, 6.45) is 6.37. The van der Waals surface area contributed by atoms with Crippen molar-refractivity contribution in [2.45, 2.75) is 58.1 Å². The number of nitrogens with one attached hydrogen (secondary N) is 1. The van der Waals surface area contributed by atoms with Crippen molar-refractivity contribution in [3.63, 3.8) is 0 Å². The van der Waals surface area contributed by atoms with Crippen molar-refractivity contribution in [3.8, 4) is 0 Å². The maximum Gasteiger partial charge on any atom is 0.0576 e. The Morgan fingerprint density at radius 2 is 2.14 bits per heavy atom. The van der Waals surface area contributed by atoms with Gasteiger partial charge in [-0.05, 0) is 56.2 Å². The maximum atomic E-state index is 6.31. The molecule has 118 valence electrons. The molecule has 1 aromatic rings. The van der Waals surface area contributed by atoms with Crippen LogP contribution < -0.4 is 5.32 Å². The maximum absolute atomic E-state index is 6.31. The van der Waals surface area contributed by atoms with Crippen LogP contribution in [-0.2, 0) is 11.2 Å². The first-order chi connectivity index (χ1) is 10.1. The molecule has 2 nitrogen and oxygen atoms in total. The first-order valence-electron chi connectivity index (χ1n) is 8.23. The zero-order valence-corrected chi connectivity index (χ0v) is 14.0. The summed E-state index contributed by atoms with van der Waals surface area (Å²) in [5, 5.41) is 4.47. The van der Waals surface area contributed by atoms with E-state index in [0.717, 1.165) is 24.6 Å². The first-order valence-corrected chi connectivity index (χ1v) is 8.61. The molecule has 0 bridgehead atoms. The SMILES string of the molecule is CC(C)NCC(CCC1CCCO1)Cc1ccccc1Cl. The monoisotopic (exact) mass is 309 g/mol. The van der Waals surface area contributed by atoms with Crippen molar-refractivity contribution >= 4 is 11.6 Å². The first kappa shape index (κ1) is 16.8. The minimum absolute atomic E-state index is 0.484. The van der Waals surface area contributed by atoms with Crippen molar-refractivity contribution < 1.29 is 4.74 Å². The van der Waals surface area contributed by atoms with E-state index in [1.807, 2.05) is 12.1 Å². The van der Waals surface area contributed by atoms with Crippen LogP contribution in [0.3, 0.4) is 0 Å². The van der Waals surface area contributed by atoms with Gasteiger partial charge in [-0.25, -0.2) is 0 Å². The predicted octanol–water partition coefficient (Wildman–Crippen LogP) is 4.46. The zero-order chi connectivity index (χ0) is 15.1. The van der Waals surface area contributed by atoms with Crippen molar-refractivity contribution in [2.24, 2.45) is 5.92 Å². The van der Waals surface area contributed by atoms with Crippen LogP contribution in [0.4, 0.5) is 0 Å². The minimum atomic E-state index is 0.484. The molecule has 0 aromatic heterocycles. The van der Waals surface area contributed by atoms with E-state index in [-0.39, 0.29) is 0 Å². The number of halogens is 1. The molecular weight excluding hydrogens is 282 g/mol. The van der Waals surface area contributed by atoms with E-state index in [1.54, 1.807) is 0 Å². The molecule has 21 heavy (non-hydrogen) atoms. The topological polar surface area (TPSA) is 21.3 Å². The molecule has 1 aliphatic rings. The largest absolute Gasteiger partial charge is 0.378 e. The van der Waals surface area contributed by atoms with Crippen LogP contribution in [0.25, 0.3) is 0 Å². The van der Waals surface area contributed by atoms with Gasteiger partial charge in [0, 0.05) is 17.7 Å². The van der Waals surface area contributed by atoms with Gasteiger partial charge in [0.2, 0.25) is 0 Å². The second-order valence-corrected chi connectivity index (χ2v) is 6.84. The molecule has 2 unspecified atom stereocenters. The van der Waals surface area contributed by atoms with Crippen LogP contribution in [0.5, 0.6) is 0 Å². The number of hydrogen-bond acceptors (Lipinski definition) is 2. The van der Waals surface area contributed by atoms with Gasteiger partial charge in [0.1, 0.15) is 0 Å². The van der Waals surface area contributed by atoms with Gasteiger partial charge < -0.3 is 10.1 Å². The van der Waals surface area contributed by atoms with Gasteiger partial charge in [-0.3, -0.25) is 0 Å². The fraction of sp³-hybridized carbons (Fsp3) is 0.667. The van der Waals surface area contributed by atoms with E-state index in [4.69, 9.17) is 16.3 Å². The van der Waals surface area contributed by atoms with E-state index < -0.39 is 0 Å². The summed E-state index contributed by atoms with van der Waals surface area (Å²) in [6.45, 7) is 6.40. The summed E-state index contributed by atoms with van der Waals surface area (Å²) in [5.41, 5.74) is 1.27. The lowest BCUT2D eigenvalue weighted by Gasteiger charge is -2.21. The van der Waals surface area contributed by atoms with E-state index in [1.165, 1.54) is 31.2 Å². The third kappa shape index (κ3) is 5.98. The molecule has 1 fully saturated rings. The summed E-state index contributed by atoms with van der Waals surface area (Å²) >= 11 is 6.31. The fourth-order valence-electron chi connectivity index (χ4n) is 2.95. The molecule has 2 atom stereocenters. The van der Waals surface area contributed by atoms with Crippen LogP contribution in [0, 0.1) is 5.92 Å². The molecule has 0 spiro atoms. The smallest absolute Gasteiger partial charge is 0.0576 e. The average Bonchev–Trinajstić information content (AvgIpc) is 2.97. The summed E-state index contributed by atoms with van der Waals surface area (Å²) in [4.78, 5) is 0. The van der Waals surface area contributed by atoms with Crippen LogP contribution in [0.15, 0.2) is 24.3 Å². The normalized spacial score (nSPS) is 20.1. The Kier molecular flexibility index (Phi) is 7.01. The molecule has 0 saturated carbocycles. The number of benzene rings is 1. The summed E-state index contributed by atoms with van der Waals surface area (Å²) < 4.78 is 5.76. The third-order valence-electron chi connectivity index (χ3n) is 4.20. The lowest BCUT2D eigenvalue weighted by molar-refractivity contribution is 0.0978. The van der Waals surface area contributed by atoms with Crippen LogP contribution >= 0.6 is 11.6 Å². The summed E-state index contributed by atoms with van der Waals surface area (Å²) in [7, 11) is 0. The lowest BCUT2D eigenvalue weighted by Crippen LogP contribution is -2.30. The highest BCUT2D eigenvalue weighted by atomic mass is 35.5. The Hall–Kier alpha value is -0.570. The van der Waals surface area contributed by atoms with Gasteiger partial charge in [-0.15, -0.1) is 0 Å². The van der Waals surface area contributed by atoms with E-state index in [0.29, 0.717) is 18.1 Å². The summed E-state index contributed by atoms with van der Waals surface area (Å²) in [5.74, 6) is 0.622. The van der Waals surface area contributed by atoms with E-state index in [2.05, 4.69) is 31.3 Å². The van der Waals surface area contributed by atoms with Crippen LogP contribution in [0.2, 0.25) is 5.02 Å². The molecule has 1 aromatic carbocycles. The highest BCUT2D eigenvalue weighted by molar-refractivity contribution is 6.31. The Balaban J connectivity index is 1.89. The van der Waals surface area contributed by atoms with Gasteiger partial charge >= 0.3 is 0 Å². The minimum Gasteiger partial charge on any atom is -0.378 e. The Morgan fingerprint density at radius 3 is 2.81 bits per heavy atom. The summed E-state index contributed by atoms with van der Waals surface area (Å²) in [6, 6.07) is 8.75. The number of ether oxygens (including phenoxy) is 1. The van der Waals surface area contributed by atoms with Crippen molar-refractivity contribution in [2.75, 3.05) is 13.2 Å². The molecule has 1 N–H and O–H groups in total. The van der Waals surface area contributed by atoms with Gasteiger partial charge in [-0.2, -0.15) is 0 Å². The number of rotatable bonds is 8. The predicted molar refractivity (Wildman–Crippen MR) is 90.0 cm³/mol. The van der Waals surface area contributed by atoms with Crippen molar-refractivity contribution in [3.05, 3.63) is 34.9 Å². The zero-order valence-electron chi connectivity index (χ0n) is 13.3. The average molecular weight is 310 g/mol. The quantitative estimate of drug-likeness (QED) is 0.765. The Morgan fingerprint density at radius 1 is 1.33 bits per heavy atom. The molecule has 0 radical (unpaired) electrons. The van der Waals surface area contributed by atoms with Gasteiger partial charge in [0.25, 0.3) is 0 Å². The molecule has 0 aliphatic carbocycles. The van der Waals surface area contributed by atoms with Gasteiger partial charge in [0.05, 0.1) is 6.10 Å². The van der Waals surface area contributed by atoms with Crippen LogP contribution in [0.1, 0.15) is 45.1 Å². The second-order valence-electron chi connectivity index (χ2n) is 6.44. The molecule has 1 aliphatic heterocycles. The number of hydrogen-bond donors (Lipinski definition) is 1. The molecule has 1 saturated heterocycles. The Bertz CT molecular complexity index is 415.